The molecule has 0 radical (unpaired) electrons. The van der Waals surface area contributed by atoms with Gasteiger partial charge in [-0.3, -0.25) is 9.59 Å². The molecule has 1 fully saturated rings. The van der Waals surface area contributed by atoms with E-state index in [2.05, 4.69) is 16.0 Å². The molecule has 0 aliphatic carbocycles. The number of carboxylic acid groups (broad SMARTS) is 1. The number of carbonyl (C=O) groups excluding carboxylic acids is 2. The highest BCUT2D eigenvalue weighted by Crippen LogP contribution is 2.29. The van der Waals surface area contributed by atoms with Crippen LogP contribution in [0.15, 0.2) is 22.8 Å². The van der Waals surface area contributed by atoms with Gasteiger partial charge in [-0.15, -0.1) is 0 Å². The van der Waals surface area contributed by atoms with Gasteiger partial charge in [0.05, 0.1) is 24.8 Å². The molecule has 3 amide bonds. The predicted octanol–water partition coefficient (Wildman–Crippen LogP) is 0.0764. The van der Waals surface area contributed by atoms with E-state index in [4.69, 9.17) is 9.15 Å². The van der Waals surface area contributed by atoms with Crippen LogP contribution >= 0.6 is 0 Å². The summed E-state index contributed by atoms with van der Waals surface area (Å²) in [6.45, 7) is 0.699. The fraction of sp³-hybridized carbons (Fsp3) is 0.533. The van der Waals surface area contributed by atoms with Crippen molar-refractivity contribution >= 4 is 17.9 Å². The van der Waals surface area contributed by atoms with E-state index >= 15 is 0 Å². The molecule has 0 bridgehead atoms. The molecule has 2 heterocycles. The molecule has 0 spiro atoms. The van der Waals surface area contributed by atoms with E-state index in [1.807, 2.05) is 0 Å². The van der Waals surface area contributed by atoms with Crippen molar-refractivity contribution in [1.82, 2.24) is 16.0 Å². The lowest BCUT2D eigenvalue weighted by Gasteiger charge is -2.33. The van der Waals surface area contributed by atoms with Crippen LogP contribution in [0.3, 0.4) is 0 Å². The van der Waals surface area contributed by atoms with Gasteiger partial charge in [-0.2, -0.15) is 0 Å². The fourth-order valence-electron chi connectivity index (χ4n) is 2.36. The summed E-state index contributed by atoms with van der Waals surface area (Å²) in [6, 6.07) is 2.91. The highest BCUT2D eigenvalue weighted by atomic mass is 16.5. The summed E-state index contributed by atoms with van der Waals surface area (Å²) in [5, 5.41) is 16.9. The first-order valence-electron chi connectivity index (χ1n) is 7.64. The number of carboxylic acids is 1. The van der Waals surface area contributed by atoms with Gasteiger partial charge in [0.1, 0.15) is 5.76 Å². The molecule has 9 heteroatoms. The molecule has 24 heavy (non-hydrogen) atoms. The van der Waals surface area contributed by atoms with Crippen molar-refractivity contribution in [2.24, 2.45) is 5.41 Å². The fourth-order valence-corrected chi connectivity index (χ4v) is 2.36. The largest absolute Gasteiger partial charge is 0.481 e. The van der Waals surface area contributed by atoms with Gasteiger partial charge in [0.15, 0.2) is 0 Å². The van der Waals surface area contributed by atoms with Gasteiger partial charge >= 0.3 is 12.0 Å². The molecule has 0 aromatic carbocycles. The minimum atomic E-state index is -1.00. The van der Waals surface area contributed by atoms with Crippen LogP contribution < -0.4 is 16.0 Å². The number of carbonyl (C=O) groups is 3. The molecule has 1 saturated heterocycles. The lowest BCUT2D eigenvalue weighted by atomic mass is 9.80. The van der Waals surface area contributed by atoms with Gasteiger partial charge in [-0.1, -0.05) is 0 Å². The first-order chi connectivity index (χ1) is 11.5. The lowest BCUT2D eigenvalue weighted by molar-refractivity contribution is -0.154. The third kappa shape index (κ3) is 4.98. The lowest BCUT2D eigenvalue weighted by Crippen LogP contribution is -2.49. The van der Waals surface area contributed by atoms with Crippen molar-refractivity contribution in [2.45, 2.75) is 19.4 Å². The molecular formula is C15H21N3O6. The van der Waals surface area contributed by atoms with Crippen LogP contribution in [-0.4, -0.2) is 49.3 Å². The van der Waals surface area contributed by atoms with Gasteiger partial charge in [0.2, 0.25) is 5.91 Å². The van der Waals surface area contributed by atoms with E-state index in [0.29, 0.717) is 31.8 Å². The maximum atomic E-state index is 11.8. The van der Waals surface area contributed by atoms with E-state index in [-0.39, 0.29) is 19.6 Å². The number of urea groups is 1. The Labute approximate surface area is 138 Å². The Bertz CT molecular complexity index is 566. The van der Waals surface area contributed by atoms with E-state index in [0.717, 1.165) is 0 Å². The topological polar surface area (TPSA) is 130 Å². The average molecular weight is 339 g/mol. The van der Waals surface area contributed by atoms with Crippen molar-refractivity contribution in [2.75, 3.05) is 26.3 Å². The van der Waals surface area contributed by atoms with Gasteiger partial charge in [0, 0.05) is 19.8 Å². The second-order valence-corrected chi connectivity index (χ2v) is 5.59. The maximum absolute atomic E-state index is 11.8. The number of ether oxygens (including phenoxy) is 1. The van der Waals surface area contributed by atoms with Crippen molar-refractivity contribution in [3.05, 3.63) is 24.2 Å². The second-order valence-electron chi connectivity index (χ2n) is 5.59. The number of hydrogen-bond donors (Lipinski definition) is 4. The number of furan rings is 1. The van der Waals surface area contributed by atoms with Crippen LogP contribution in [0, 0.1) is 5.41 Å². The van der Waals surface area contributed by atoms with Gasteiger partial charge in [-0.05, 0) is 25.0 Å². The molecule has 0 unspecified atom stereocenters. The Hall–Kier alpha value is -2.55. The normalized spacial score (nSPS) is 16.2. The number of amides is 3. The number of nitrogens with one attached hydrogen (secondary N) is 3. The quantitative estimate of drug-likeness (QED) is 0.556. The molecule has 1 aliphatic heterocycles. The minimum Gasteiger partial charge on any atom is -0.481 e. The number of hydrogen-bond acceptors (Lipinski definition) is 5. The third-order valence-electron chi connectivity index (χ3n) is 3.94. The number of aliphatic carboxylic acids is 1. The van der Waals surface area contributed by atoms with Crippen LogP contribution in [0.4, 0.5) is 4.79 Å². The molecular weight excluding hydrogens is 318 g/mol. The molecule has 1 aromatic rings. The third-order valence-corrected chi connectivity index (χ3v) is 3.94. The maximum Gasteiger partial charge on any atom is 0.315 e. The zero-order valence-electron chi connectivity index (χ0n) is 13.2. The number of rotatable bonds is 7. The standard InChI is InChI=1S/C15H21N3O6/c19-12(9-17-14(22)16-8-11-2-1-5-24-11)18-10-15(13(20)21)3-6-23-7-4-15/h1-2,5H,3-4,6-10H2,(H,18,19)(H,20,21)(H2,16,17,22). The minimum absolute atomic E-state index is 0.0141. The Morgan fingerprint density at radius 1 is 1.17 bits per heavy atom. The molecule has 1 aliphatic rings. The van der Waals surface area contributed by atoms with Crippen LogP contribution in [0.5, 0.6) is 0 Å². The first kappa shape index (κ1) is 17.8. The van der Waals surface area contributed by atoms with Gasteiger partial charge in [-0.25, -0.2) is 4.79 Å². The van der Waals surface area contributed by atoms with E-state index in [1.54, 1.807) is 12.1 Å². The smallest absolute Gasteiger partial charge is 0.315 e. The van der Waals surface area contributed by atoms with Crippen molar-refractivity contribution in [1.29, 1.82) is 0 Å². The summed E-state index contributed by atoms with van der Waals surface area (Å²) in [5.41, 5.74) is -1.00. The Morgan fingerprint density at radius 3 is 2.54 bits per heavy atom. The van der Waals surface area contributed by atoms with Crippen LogP contribution in [0.2, 0.25) is 0 Å². The summed E-state index contributed by atoms with van der Waals surface area (Å²) in [4.78, 5) is 34.8. The monoisotopic (exact) mass is 339 g/mol. The van der Waals surface area contributed by atoms with Gasteiger partial charge < -0.3 is 30.2 Å². The first-order valence-corrected chi connectivity index (χ1v) is 7.64. The summed E-state index contributed by atoms with van der Waals surface area (Å²) >= 11 is 0. The van der Waals surface area contributed by atoms with E-state index in [9.17, 15) is 19.5 Å². The molecule has 0 saturated carbocycles. The second kappa shape index (κ2) is 8.34. The highest BCUT2D eigenvalue weighted by molar-refractivity contribution is 5.84. The van der Waals surface area contributed by atoms with Crippen LogP contribution in [0.1, 0.15) is 18.6 Å². The molecule has 9 nitrogen and oxygen atoms in total. The SMILES string of the molecule is O=C(CNC(=O)NCc1ccco1)NCC1(C(=O)O)CCOCC1. The van der Waals surface area contributed by atoms with Crippen LogP contribution in [-0.2, 0) is 20.9 Å². The summed E-state index contributed by atoms with van der Waals surface area (Å²) in [6.07, 6.45) is 2.19. The molecule has 2 rings (SSSR count). The van der Waals surface area contributed by atoms with E-state index < -0.39 is 23.3 Å². The van der Waals surface area contributed by atoms with Gasteiger partial charge in [0.25, 0.3) is 0 Å². The Morgan fingerprint density at radius 2 is 1.92 bits per heavy atom. The molecule has 4 N–H and O–H groups in total. The van der Waals surface area contributed by atoms with Crippen molar-refractivity contribution < 1.29 is 28.6 Å². The zero-order valence-corrected chi connectivity index (χ0v) is 13.2. The molecule has 0 atom stereocenters. The van der Waals surface area contributed by atoms with Crippen molar-refractivity contribution in [3.63, 3.8) is 0 Å². The Balaban J connectivity index is 1.68. The summed E-state index contributed by atoms with van der Waals surface area (Å²) < 4.78 is 10.2. The predicted molar refractivity (Wildman–Crippen MR) is 82.1 cm³/mol. The highest BCUT2D eigenvalue weighted by Gasteiger charge is 2.40. The summed E-state index contributed by atoms with van der Waals surface area (Å²) in [7, 11) is 0. The zero-order chi connectivity index (χ0) is 17.4. The molecule has 132 valence electrons. The van der Waals surface area contributed by atoms with Crippen LogP contribution in [0.25, 0.3) is 0 Å². The molecule has 1 aromatic heterocycles. The summed E-state index contributed by atoms with van der Waals surface area (Å²) in [5.74, 6) is -0.803. The van der Waals surface area contributed by atoms with Crippen molar-refractivity contribution in [3.8, 4) is 0 Å². The average Bonchev–Trinajstić information content (AvgIpc) is 3.10. The Kier molecular flexibility index (Phi) is 6.19. The van der Waals surface area contributed by atoms with E-state index in [1.165, 1.54) is 6.26 Å².